The summed E-state index contributed by atoms with van der Waals surface area (Å²) in [5, 5.41) is 10.7. The molecular formula is C20H21N3O2. The summed E-state index contributed by atoms with van der Waals surface area (Å²) < 4.78 is 4.91. The molecule has 0 aliphatic rings. The fraction of sp³-hybridized carbons (Fsp3) is 0.250. The Bertz CT molecular complexity index is 856. The van der Waals surface area contributed by atoms with E-state index >= 15 is 0 Å². The van der Waals surface area contributed by atoms with Crippen LogP contribution < -0.4 is 5.32 Å². The van der Waals surface area contributed by atoms with Crippen molar-refractivity contribution < 1.29 is 9.42 Å². The van der Waals surface area contributed by atoms with Crippen molar-refractivity contribution in [3.8, 4) is 11.3 Å². The summed E-state index contributed by atoms with van der Waals surface area (Å²) in [6.45, 7) is 4.19. The minimum absolute atomic E-state index is 0.146. The largest absolute Gasteiger partial charge is 0.306 e. The van der Waals surface area contributed by atoms with Crippen LogP contribution in [0.1, 0.15) is 30.5 Å². The molecule has 0 aliphatic carbocycles. The maximum absolute atomic E-state index is 12.3. The highest BCUT2D eigenvalue weighted by molar-refractivity contribution is 5.94. The molecule has 25 heavy (non-hydrogen) atoms. The lowest BCUT2D eigenvalue weighted by atomic mass is 9.98. The number of nitrogens with zero attached hydrogens (tertiary/aromatic N) is 2. The van der Waals surface area contributed by atoms with E-state index < -0.39 is 0 Å². The van der Waals surface area contributed by atoms with Crippen molar-refractivity contribution in [1.29, 1.82) is 0 Å². The van der Waals surface area contributed by atoms with E-state index in [2.05, 4.69) is 47.7 Å². The van der Waals surface area contributed by atoms with E-state index in [1.54, 1.807) is 0 Å². The first-order valence-electron chi connectivity index (χ1n) is 8.49. The number of aryl methyl sites for hydroxylation is 2. The zero-order chi connectivity index (χ0) is 17.6. The Morgan fingerprint density at radius 1 is 1.00 bits per heavy atom. The van der Waals surface area contributed by atoms with Crippen molar-refractivity contribution in [1.82, 2.24) is 10.3 Å². The second kappa shape index (κ2) is 7.75. The van der Waals surface area contributed by atoms with Crippen LogP contribution in [0.2, 0.25) is 0 Å². The molecule has 0 bridgehead atoms. The molecule has 0 spiro atoms. The highest BCUT2D eigenvalue weighted by Crippen LogP contribution is 2.29. The predicted octanol–water partition coefficient (Wildman–Crippen LogP) is 4.04. The van der Waals surface area contributed by atoms with Gasteiger partial charge in [0.2, 0.25) is 11.7 Å². The van der Waals surface area contributed by atoms with Crippen LogP contribution in [-0.2, 0) is 24.1 Å². The highest BCUT2D eigenvalue weighted by atomic mass is 16.6. The fourth-order valence-corrected chi connectivity index (χ4v) is 2.78. The maximum atomic E-state index is 12.3. The summed E-state index contributed by atoms with van der Waals surface area (Å²) in [6, 6.07) is 15.9. The van der Waals surface area contributed by atoms with Gasteiger partial charge in [-0.15, -0.1) is 0 Å². The van der Waals surface area contributed by atoms with Crippen LogP contribution in [0.25, 0.3) is 11.3 Å². The second-order valence-corrected chi connectivity index (χ2v) is 5.87. The normalized spacial score (nSPS) is 10.6. The van der Waals surface area contributed by atoms with Gasteiger partial charge in [0.05, 0.1) is 6.42 Å². The molecule has 0 unspecified atom stereocenters. The Balaban J connectivity index is 1.85. The van der Waals surface area contributed by atoms with Crippen molar-refractivity contribution in [3.63, 3.8) is 0 Å². The fourth-order valence-electron chi connectivity index (χ4n) is 2.78. The third kappa shape index (κ3) is 3.94. The first-order valence-corrected chi connectivity index (χ1v) is 8.49. The average molecular weight is 335 g/mol. The van der Waals surface area contributed by atoms with E-state index in [9.17, 15) is 4.79 Å². The lowest BCUT2D eigenvalue weighted by molar-refractivity contribution is -0.115. The topological polar surface area (TPSA) is 68.0 Å². The maximum Gasteiger partial charge on any atom is 0.230 e. The van der Waals surface area contributed by atoms with Gasteiger partial charge < -0.3 is 5.32 Å². The molecule has 2 aromatic carbocycles. The molecule has 0 saturated carbocycles. The van der Waals surface area contributed by atoms with E-state index in [0.29, 0.717) is 11.5 Å². The summed E-state index contributed by atoms with van der Waals surface area (Å²) in [6.07, 6.45) is 2.07. The number of amides is 1. The Kier molecular flexibility index (Phi) is 5.23. The second-order valence-electron chi connectivity index (χ2n) is 5.87. The standard InChI is InChI=1S/C20H21N3O2/c1-3-14-10-11-16(4-2)17(12-14)19-20(23-25-22-19)21-18(24)13-15-8-6-5-7-9-15/h5-12H,3-4,13H2,1-2H3,(H,21,23,24). The number of hydrogen-bond donors (Lipinski definition) is 1. The van der Waals surface area contributed by atoms with Crippen molar-refractivity contribution >= 4 is 11.7 Å². The summed E-state index contributed by atoms with van der Waals surface area (Å²) >= 11 is 0. The molecule has 1 N–H and O–H groups in total. The van der Waals surface area contributed by atoms with Crippen LogP contribution in [0.15, 0.2) is 53.2 Å². The van der Waals surface area contributed by atoms with Crippen LogP contribution in [0, 0.1) is 0 Å². The molecule has 128 valence electrons. The third-order valence-electron chi connectivity index (χ3n) is 4.17. The molecule has 0 saturated heterocycles. The van der Waals surface area contributed by atoms with Gasteiger partial charge in [-0.2, -0.15) is 0 Å². The van der Waals surface area contributed by atoms with E-state index in [1.807, 2.05) is 30.3 Å². The minimum atomic E-state index is -0.146. The number of benzene rings is 2. The molecule has 1 amide bonds. The van der Waals surface area contributed by atoms with Crippen LogP contribution in [0.3, 0.4) is 0 Å². The van der Waals surface area contributed by atoms with E-state index in [-0.39, 0.29) is 12.3 Å². The molecule has 1 aromatic heterocycles. The Labute approximate surface area is 147 Å². The van der Waals surface area contributed by atoms with Crippen molar-refractivity contribution in [3.05, 3.63) is 65.2 Å². The molecule has 0 aliphatic heterocycles. The van der Waals surface area contributed by atoms with Gasteiger partial charge >= 0.3 is 0 Å². The van der Waals surface area contributed by atoms with Crippen LogP contribution in [0.5, 0.6) is 0 Å². The lowest BCUT2D eigenvalue weighted by Crippen LogP contribution is -2.15. The summed E-state index contributed by atoms with van der Waals surface area (Å²) in [4.78, 5) is 12.3. The zero-order valence-electron chi connectivity index (χ0n) is 14.5. The number of nitrogens with one attached hydrogen (secondary N) is 1. The molecule has 3 rings (SSSR count). The van der Waals surface area contributed by atoms with Gasteiger partial charge in [0.15, 0.2) is 5.69 Å². The Hall–Kier alpha value is -2.95. The molecule has 3 aromatic rings. The number of carbonyl (C=O) groups excluding carboxylic acids is 1. The monoisotopic (exact) mass is 335 g/mol. The minimum Gasteiger partial charge on any atom is -0.306 e. The van der Waals surface area contributed by atoms with Gasteiger partial charge in [0, 0.05) is 5.56 Å². The van der Waals surface area contributed by atoms with E-state index in [1.165, 1.54) is 5.56 Å². The molecule has 1 heterocycles. The van der Waals surface area contributed by atoms with Crippen LogP contribution >= 0.6 is 0 Å². The SMILES string of the molecule is CCc1ccc(CC)c(-c2nonc2NC(=O)Cc2ccccc2)c1. The summed E-state index contributed by atoms with van der Waals surface area (Å²) in [7, 11) is 0. The molecule has 0 radical (unpaired) electrons. The Morgan fingerprint density at radius 3 is 2.52 bits per heavy atom. The molecule has 0 atom stereocenters. The van der Waals surface area contributed by atoms with Crippen molar-refractivity contribution in [2.75, 3.05) is 5.32 Å². The number of rotatable bonds is 6. The van der Waals surface area contributed by atoms with Crippen molar-refractivity contribution in [2.45, 2.75) is 33.1 Å². The predicted molar refractivity (Wildman–Crippen MR) is 97.3 cm³/mol. The number of carbonyl (C=O) groups is 1. The lowest BCUT2D eigenvalue weighted by Gasteiger charge is -2.09. The Morgan fingerprint density at radius 2 is 1.80 bits per heavy atom. The van der Waals surface area contributed by atoms with Gasteiger partial charge in [-0.1, -0.05) is 56.3 Å². The quantitative estimate of drug-likeness (QED) is 0.738. The third-order valence-corrected chi connectivity index (χ3v) is 4.17. The smallest absolute Gasteiger partial charge is 0.230 e. The van der Waals surface area contributed by atoms with Gasteiger partial charge in [0.25, 0.3) is 0 Å². The number of aromatic nitrogens is 2. The highest BCUT2D eigenvalue weighted by Gasteiger charge is 2.18. The van der Waals surface area contributed by atoms with Crippen LogP contribution in [0.4, 0.5) is 5.82 Å². The molecular weight excluding hydrogens is 314 g/mol. The summed E-state index contributed by atoms with van der Waals surface area (Å²) in [5.41, 5.74) is 4.83. The van der Waals surface area contributed by atoms with E-state index in [4.69, 9.17) is 4.63 Å². The number of hydrogen-bond acceptors (Lipinski definition) is 4. The first-order chi connectivity index (χ1) is 12.2. The van der Waals surface area contributed by atoms with Crippen molar-refractivity contribution in [2.24, 2.45) is 0 Å². The van der Waals surface area contributed by atoms with Crippen LogP contribution in [-0.4, -0.2) is 16.2 Å². The van der Waals surface area contributed by atoms with Gasteiger partial charge in [-0.05, 0) is 45.9 Å². The molecule has 0 fully saturated rings. The average Bonchev–Trinajstić information content (AvgIpc) is 3.09. The van der Waals surface area contributed by atoms with Gasteiger partial charge in [-0.3, -0.25) is 4.79 Å². The number of anilines is 1. The zero-order valence-corrected chi connectivity index (χ0v) is 14.5. The van der Waals surface area contributed by atoms with Gasteiger partial charge in [-0.25, -0.2) is 4.63 Å². The first kappa shape index (κ1) is 16.9. The van der Waals surface area contributed by atoms with E-state index in [0.717, 1.165) is 29.5 Å². The molecule has 5 heteroatoms. The molecule has 5 nitrogen and oxygen atoms in total. The summed E-state index contributed by atoms with van der Waals surface area (Å²) in [5.74, 6) is 0.219. The van der Waals surface area contributed by atoms with Gasteiger partial charge in [0.1, 0.15) is 0 Å².